The Hall–Kier alpha value is -1.09. The number of hydrogen-bond donors (Lipinski definition) is 1. The van der Waals surface area contributed by atoms with Crippen LogP contribution in [0.15, 0.2) is 42.5 Å². The van der Waals surface area contributed by atoms with E-state index < -0.39 is 0 Å². The number of hydrogen-bond acceptors (Lipinski definition) is 1. The topological polar surface area (TPSA) is 12.0 Å². The van der Waals surface area contributed by atoms with Crippen LogP contribution in [0.4, 0.5) is 5.69 Å². The fourth-order valence-corrected chi connectivity index (χ4v) is 2.23. The van der Waals surface area contributed by atoms with E-state index >= 15 is 0 Å². The van der Waals surface area contributed by atoms with Gasteiger partial charge in [-0.25, -0.2) is 0 Å². The van der Waals surface area contributed by atoms with Gasteiger partial charge in [0.25, 0.3) is 0 Å². The van der Waals surface area contributed by atoms with E-state index in [2.05, 4.69) is 5.32 Å². The second-order valence-corrected chi connectivity index (χ2v) is 4.49. The van der Waals surface area contributed by atoms with E-state index in [1.165, 1.54) is 5.49 Å². The SMILES string of the molecule is S=CNc1ccc(-c2ccccc2Cl)c(Cl)c1. The molecule has 0 aliphatic rings. The summed E-state index contributed by atoms with van der Waals surface area (Å²) < 4.78 is 0. The maximum Gasteiger partial charge on any atom is 0.0658 e. The molecule has 0 radical (unpaired) electrons. The van der Waals surface area contributed by atoms with Crippen LogP contribution in [0.25, 0.3) is 11.1 Å². The Morgan fingerprint density at radius 3 is 2.29 bits per heavy atom. The van der Waals surface area contributed by atoms with Crippen molar-refractivity contribution in [2.75, 3.05) is 5.32 Å². The molecular weight excluding hydrogens is 273 g/mol. The summed E-state index contributed by atoms with van der Waals surface area (Å²) in [6, 6.07) is 13.3. The number of nitrogens with one attached hydrogen (secondary N) is 1. The number of anilines is 1. The van der Waals surface area contributed by atoms with Crippen LogP contribution < -0.4 is 5.32 Å². The molecule has 1 N–H and O–H groups in total. The summed E-state index contributed by atoms with van der Waals surface area (Å²) >= 11 is 17.1. The normalized spacial score (nSPS) is 10.0. The Morgan fingerprint density at radius 1 is 0.941 bits per heavy atom. The van der Waals surface area contributed by atoms with Crippen molar-refractivity contribution in [2.45, 2.75) is 0 Å². The van der Waals surface area contributed by atoms with Crippen LogP contribution in [0.5, 0.6) is 0 Å². The molecule has 0 bridgehead atoms. The van der Waals surface area contributed by atoms with Gasteiger partial charge in [-0.3, -0.25) is 0 Å². The minimum Gasteiger partial charge on any atom is -0.353 e. The van der Waals surface area contributed by atoms with E-state index in [4.69, 9.17) is 35.4 Å². The van der Waals surface area contributed by atoms with Crippen molar-refractivity contribution in [1.29, 1.82) is 0 Å². The van der Waals surface area contributed by atoms with Gasteiger partial charge in [-0.1, -0.05) is 59.7 Å². The zero-order chi connectivity index (χ0) is 12.3. The third-order valence-corrected chi connectivity index (χ3v) is 3.12. The molecule has 0 aliphatic heterocycles. The van der Waals surface area contributed by atoms with Crippen LogP contribution in [0.1, 0.15) is 0 Å². The predicted octanol–water partition coefficient (Wildman–Crippen LogP) is 5.03. The van der Waals surface area contributed by atoms with Gasteiger partial charge >= 0.3 is 0 Å². The lowest BCUT2D eigenvalue weighted by atomic mass is 10.1. The molecule has 0 aromatic heterocycles. The monoisotopic (exact) mass is 281 g/mol. The van der Waals surface area contributed by atoms with Gasteiger partial charge in [-0.15, -0.1) is 0 Å². The van der Waals surface area contributed by atoms with Crippen molar-refractivity contribution in [3.63, 3.8) is 0 Å². The van der Waals surface area contributed by atoms with Crippen molar-refractivity contribution < 1.29 is 0 Å². The van der Waals surface area contributed by atoms with Crippen molar-refractivity contribution in [3.05, 3.63) is 52.5 Å². The quantitative estimate of drug-likeness (QED) is 0.792. The molecule has 0 saturated heterocycles. The van der Waals surface area contributed by atoms with E-state index in [1.807, 2.05) is 42.5 Å². The maximum atomic E-state index is 6.23. The summed E-state index contributed by atoms with van der Waals surface area (Å²) in [5.74, 6) is 0. The van der Waals surface area contributed by atoms with Crippen LogP contribution in [0.3, 0.4) is 0 Å². The first kappa shape index (κ1) is 12.4. The van der Waals surface area contributed by atoms with E-state index in [-0.39, 0.29) is 0 Å². The van der Waals surface area contributed by atoms with Crippen LogP contribution in [-0.4, -0.2) is 5.49 Å². The summed E-state index contributed by atoms with van der Waals surface area (Å²) in [5.41, 5.74) is 4.14. The summed E-state index contributed by atoms with van der Waals surface area (Å²) in [7, 11) is 0. The minimum atomic E-state index is 0.639. The van der Waals surface area contributed by atoms with Gasteiger partial charge < -0.3 is 5.32 Å². The van der Waals surface area contributed by atoms with Gasteiger partial charge in [-0.2, -0.15) is 0 Å². The molecule has 4 heteroatoms. The number of thiocarbonyl (C=S) groups is 1. The fraction of sp³-hybridized carbons (Fsp3) is 0. The van der Waals surface area contributed by atoms with Crippen LogP contribution in [0.2, 0.25) is 10.0 Å². The van der Waals surface area contributed by atoms with Crippen molar-refractivity contribution in [1.82, 2.24) is 0 Å². The zero-order valence-corrected chi connectivity index (χ0v) is 11.1. The highest BCUT2D eigenvalue weighted by Gasteiger charge is 2.07. The van der Waals surface area contributed by atoms with Gasteiger partial charge in [0.1, 0.15) is 0 Å². The van der Waals surface area contributed by atoms with E-state index in [0.717, 1.165) is 16.8 Å². The Kier molecular flexibility index (Phi) is 4.00. The minimum absolute atomic E-state index is 0.639. The van der Waals surface area contributed by atoms with E-state index in [0.29, 0.717) is 10.0 Å². The molecular formula is C13H9Cl2NS. The molecule has 0 heterocycles. The molecule has 0 unspecified atom stereocenters. The number of halogens is 2. The fourth-order valence-electron chi connectivity index (χ4n) is 1.57. The van der Waals surface area contributed by atoms with Gasteiger partial charge in [-0.05, 0) is 18.2 Å². The highest BCUT2D eigenvalue weighted by atomic mass is 35.5. The summed E-state index contributed by atoms with van der Waals surface area (Å²) in [6.07, 6.45) is 0. The number of benzene rings is 2. The molecule has 2 aromatic rings. The largest absolute Gasteiger partial charge is 0.353 e. The second-order valence-electron chi connectivity index (χ2n) is 3.44. The summed E-state index contributed by atoms with van der Waals surface area (Å²) in [5, 5.41) is 4.24. The average Bonchev–Trinajstić information content (AvgIpc) is 2.31. The average molecular weight is 282 g/mol. The molecule has 0 saturated carbocycles. The standard InChI is InChI=1S/C13H9Cl2NS/c14-12-4-2-1-3-10(12)11-6-5-9(16-8-17)7-13(11)15/h1-8H,(H,16,17). The Balaban J connectivity index is 2.47. The lowest BCUT2D eigenvalue weighted by molar-refractivity contribution is 1.60. The summed E-state index contributed by atoms with van der Waals surface area (Å²) in [4.78, 5) is 0. The van der Waals surface area contributed by atoms with Crippen molar-refractivity contribution in [3.8, 4) is 11.1 Å². The highest BCUT2D eigenvalue weighted by molar-refractivity contribution is 7.79. The molecule has 2 rings (SSSR count). The Labute approximate surface area is 115 Å². The molecule has 0 aliphatic carbocycles. The van der Waals surface area contributed by atoms with Gasteiger partial charge in [0, 0.05) is 21.8 Å². The van der Waals surface area contributed by atoms with Gasteiger partial charge in [0.2, 0.25) is 0 Å². The third-order valence-electron chi connectivity index (χ3n) is 2.36. The molecule has 1 nitrogen and oxygen atoms in total. The smallest absolute Gasteiger partial charge is 0.0658 e. The first-order chi connectivity index (χ1) is 8.22. The van der Waals surface area contributed by atoms with Gasteiger partial charge in [0.05, 0.1) is 10.5 Å². The molecule has 0 fully saturated rings. The van der Waals surface area contributed by atoms with Crippen LogP contribution in [0, 0.1) is 0 Å². The molecule has 0 atom stereocenters. The zero-order valence-electron chi connectivity index (χ0n) is 8.78. The molecule has 0 spiro atoms. The maximum absolute atomic E-state index is 6.23. The third kappa shape index (κ3) is 2.78. The van der Waals surface area contributed by atoms with Crippen LogP contribution >= 0.6 is 35.4 Å². The first-order valence-corrected chi connectivity index (χ1v) is 6.20. The lowest BCUT2D eigenvalue weighted by Crippen LogP contribution is -1.92. The molecule has 0 amide bonds. The highest BCUT2D eigenvalue weighted by Crippen LogP contribution is 2.34. The molecule has 2 aromatic carbocycles. The Morgan fingerprint density at radius 2 is 1.65 bits per heavy atom. The van der Waals surface area contributed by atoms with Crippen molar-refractivity contribution in [2.24, 2.45) is 0 Å². The Bertz CT molecular complexity index is 555. The van der Waals surface area contributed by atoms with Crippen LogP contribution in [-0.2, 0) is 0 Å². The van der Waals surface area contributed by atoms with Crippen molar-refractivity contribution >= 4 is 46.6 Å². The first-order valence-electron chi connectivity index (χ1n) is 4.97. The second kappa shape index (κ2) is 5.50. The predicted molar refractivity (Wildman–Crippen MR) is 79.2 cm³/mol. The van der Waals surface area contributed by atoms with E-state index in [9.17, 15) is 0 Å². The summed E-state index contributed by atoms with van der Waals surface area (Å²) in [6.45, 7) is 0. The molecule has 17 heavy (non-hydrogen) atoms. The number of rotatable bonds is 3. The van der Waals surface area contributed by atoms with E-state index in [1.54, 1.807) is 0 Å². The lowest BCUT2D eigenvalue weighted by Gasteiger charge is -2.08. The van der Waals surface area contributed by atoms with Gasteiger partial charge in [0.15, 0.2) is 0 Å². The molecule has 86 valence electrons.